The van der Waals surface area contributed by atoms with Gasteiger partial charge in [0.1, 0.15) is 12.2 Å². The predicted octanol–water partition coefficient (Wildman–Crippen LogP) is -0.783. The Bertz CT molecular complexity index is 963. The lowest BCUT2D eigenvalue weighted by molar-refractivity contribution is -0.384. The Hall–Kier alpha value is -3.22. The second-order valence-electron chi connectivity index (χ2n) is 6.60. The molecule has 1 aromatic rings. The van der Waals surface area contributed by atoms with E-state index in [9.17, 15) is 32.9 Å². The van der Waals surface area contributed by atoms with E-state index in [0.717, 1.165) is 12.3 Å². The summed E-state index contributed by atoms with van der Waals surface area (Å²) in [6.07, 6.45) is 0.953. The molecule has 1 fully saturated rings. The monoisotopic (exact) mass is 441 g/mol. The standard InChI is InChI=1S/C17H23N5O7S/c1-3-20-8-9-21(17(25)16(20)24)11-15(23)19-7-6-18-13-5-4-12(30(2,28)29)10-14(13)22(26)27/h4-5,10,18H,3,6-9,11H2,1-2H3,(H,19,23). The van der Waals surface area contributed by atoms with Crippen LogP contribution in [0.4, 0.5) is 11.4 Å². The highest BCUT2D eigenvalue weighted by atomic mass is 32.2. The lowest BCUT2D eigenvalue weighted by Gasteiger charge is -2.32. The fourth-order valence-electron chi connectivity index (χ4n) is 2.84. The van der Waals surface area contributed by atoms with Crippen LogP contribution in [0.3, 0.4) is 0 Å². The lowest BCUT2D eigenvalue weighted by atomic mass is 10.2. The topological polar surface area (TPSA) is 159 Å². The van der Waals surface area contributed by atoms with Gasteiger partial charge in [0.05, 0.1) is 9.82 Å². The highest BCUT2D eigenvalue weighted by molar-refractivity contribution is 7.90. The normalized spacial score (nSPS) is 14.6. The zero-order valence-corrected chi connectivity index (χ0v) is 17.4. The van der Waals surface area contributed by atoms with Gasteiger partial charge >= 0.3 is 11.8 Å². The molecule has 3 amide bonds. The van der Waals surface area contributed by atoms with Crippen molar-refractivity contribution < 1.29 is 27.7 Å². The van der Waals surface area contributed by atoms with E-state index in [2.05, 4.69) is 10.6 Å². The van der Waals surface area contributed by atoms with Crippen LogP contribution in [0.1, 0.15) is 6.92 Å². The van der Waals surface area contributed by atoms with Crippen molar-refractivity contribution in [3.05, 3.63) is 28.3 Å². The number of hydrogen-bond acceptors (Lipinski definition) is 8. The maximum Gasteiger partial charge on any atom is 0.312 e. The van der Waals surface area contributed by atoms with Crippen molar-refractivity contribution in [2.24, 2.45) is 0 Å². The number of benzene rings is 1. The van der Waals surface area contributed by atoms with E-state index in [4.69, 9.17) is 0 Å². The molecule has 1 aromatic carbocycles. The van der Waals surface area contributed by atoms with Crippen molar-refractivity contribution in [2.75, 3.05) is 50.8 Å². The Morgan fingerprint density at radius 2 is 1.80 bits per heavy atom. The van der Waals surface area contributed by atoms with Crippen LogP contribution in [-0.4, -0.2) is 86.4 Å². The molecule has 1 heterocycles. The van der Waals surface area contributed by atoms with Gasteiger partial charge in [0, 0.05) is 45.0 Å². The van der Waals surface area contributed by atoms with Crippen LogP contribution in [0.15, 0.2) is 23.1 Å². The largest absolute Gasteiger partial charge is 0.378 e. The molecule has 0 aliphatic carbocycles. The van der Waals surface area contributed by atoms with E-state index in [1.807, 2.05) is 0 Å². The van der Waals surface area contributed by atoms with E-state index < -0.39 is 38.2 Å². The van der Waals surface area contributed by atoms with E-state index in [-0.39, 0.29) is 36.8 Å². The lowest BCUT2D eigenvalue weighted by Crippen LogP contribution is -2.56. The number of nitrogens with zero attached hydrogens (tertiary/aromatic N) is 3. The van der Waals surface area contributed by atoms with Gasteiger partial charge in [-0.05, 0) is 19.1 Å². The van der Waals surface area contributed by atoms with Crippen LogP contribution in [0, 0.1) is 10.1 Å². The Labute approximate surface area is 173 Å². The first-order chi connectivity index (χ1) is 14.0. The van der Waals surface area contributed by atoms with Gasteiger partial charge in [-0.15, -0.1) is 0 Å². The van der Waals surface area contributed by atoms with E-state index in [1.54, 1.807) is 6.92 Å². The zero-order chi connectivity index (χ0) is 22.5. The second kappa shape index (κ2) is 9.52. The number of carbonyl (C=O) groups excluding carboxylic acids is 3. The first kappa shape index (κ1) is 23.1. The van der Waals surface area contributed by atoms with Gasteiger partial charge in [0.25, 0.3) is 5.69 Å². The van der Waals surface area contributed by atoms with Gasteiger partial charge in [-0.25, -0.2) is 8.42 Å². The van der Waals surface area contributed by atoms with E-state index in [1.165, 1.54) is 21.9 Å². The number of carbonyl (C=O) groups is 3. The number of hydrogen-bond donors (Lipinski definition) is 2. The third-order valence-corrected chi connectivity index (χ3v) is 5.58. The zero-order valence-electron chi connectivity index (χ0n) is 16.6. The Morgan fingerprint density at radius 3 is 2.40 bits per heavy atom. The number of rotatable bonds is 9. The van der Waals surface area contributed by atoms with Gasteiger partial charge in [-0.1, -0.05) is 0 Å². The average Bonchev–Trinajstić information content (AvgIpc) is 2.68. The van der Waals surface area contributed by atoms with Crippen molar-refractivity contribution in [1.29, 1.82) is 0 Å². The number of nitrogens with one attached hydrogen (secondary N) is 2. The number of piperazine rings is 1. The van der Waals surface area contributed by atoms with Crippen molar-refractivity contribution in [2.45, 2.75) is 11.8 Å². The van der Waals surface area contributed by atoms with Crippen molar-refractivity contribution >= 4 is 38.9 Å². The van der Waals surface area contributed by atoms with Crippen LogP contribution < -0.4 is 10.6 Å². The molecule has 0 saturated carbocycles. The van der Waals surface area contributed by atoms with Gasteiger partial charge in [-0.3, -0.25) is 24.5 Å². The van der Waals surface area contributed by atoms with E-state index >= 15 is 0 Å². The van der Waals surface area contributed by atoms with Crippen LogP contribution in [0.2, 0.25) is 0 Å². The average molecular weight is 441 g/mol. The molecule has 2 N–H and O–H groups in total. The Kier molecular flexibility index (Phi) is 7.32. The number of nitro groups is 1. The Balaban J connectivity index is 1.86. The summed E-state index contributed by atoms with van der Waals surface area (Å²) in [7, 11) is -3.59. The number of nitro benzene ring substituents is 1. The summed E-state index contributed by atoms with van der Waals surface area (Å²) in [4.78, 5) is 48.7. The molecule has 2 rings (SSSR count). The molecular weight excluding hydrogens is 418 g/mol. The predicted molar refractivity (Wildman–Crippen MR) is 107 cm³/mol. The molecule has 1 aliphatic rings. The van der Waals surface area contributed by atoms with Crippen molar-refractivity contribution in [3.63, 3.8) is 0 Å². The third-order valence-electron chi connectivity index (χ3n) is 4.47. The minimum Gasteiger partial charge on any atom is -0.378 e. The van der Waals surface area contributed by atoms with Gasteiger partial charge < -0.3 is 20.4 Å². The summed E-state index contributed by atoms with van der Waals surface area (Å²) in [5.74, 6) is -1.83. The van der Waals surface area contributed by atoms with Gasteiger partial charge in [0.2, 0.25) is 5.91 Å². The molecule has 0 aromatic heterocycles. The molecule has 13 heteroatoms. The highest BCUT2D eigenvalue weighted by Gasteiger charge is 2.32. The number of sulfone groups is 1. The minimum absolute atomic E-state index is 0.0981. The maximum absolute atomic E-state index is 12.0. The van der Waals surface area contributed by atoms with Crippen LogP contribution >= 0.6 is 0 Å². The summed E-state index contributed by atoms with van der Waals surface area (Å²) in [5.41, 5.74) is -0.291. The molecule has 1 saturated heterocycles. The first-order valence-electron chi connectivity index (χ1n) is 9.11. The number of anilines is 1. The van der Waals surface area contributed by atoms with Gasteiger partial charge in [0.15, 0.2) is 9.84 Å². The SMILES string of the molecule is CCN1CCN(CC(=O)NCCNc2ccc(S(C)(=O)=O)cc2[N+](=O)[O-])C(=O)C1=O. The summed E-state index contributed by atoms with van der Waals surface area (Å²) in [6.45, 7) is 2.78. The fraction of sp³-hybridized carbons (Fsp3) is 0.471. The Morgan fingerprint density at radius 1 is 1.17 bits per heavy atom. The molecule has 0 radical (unpaired) electrons. The molecule has 0 unspecified atom stereocenters. The molecule has 12 nitrogen and oxygen atoms in total. The molecular formula is C17H23N5O7S. The minimum atomic E-state index is -3.59. The molecule has 30 heavy (non-hydrogen) atoms. The smallest absolute Gasteiger partial charge is 0.312 e. The fourth-order valence-corrected chi connectivity index (χ4v) is 3.48. The maximum atomic E-state index is 12.0. The molecule has 164 valence electrons. The van der Waals surface area contributed by atoms with Crippen molar-refractivity contribution in [3.8, 4) is 0 Å². The third kappa shape index (κ3) is 5.65. The van der Waals surface area contributed by atoms with E-state index in [0.29, 0.717) is 13.1 Å². The molecule has 0 spiro atoms. The summed E-state index contributed by atoms with van der Waals surface area (Å²) >= 11 is 0. The van der Waals surface area contributed by atoms with Crippen LogP contribution in [0.25, 0.3) is 0 Å². The first-order valence-corrected chi connectivity index (χ1v) is 11.0. The quantitative estimate of drug-likeness (QED) is 0.218. The van der Waals surface area contributed by atoms with Gasteiger partial charge in [-0.2, -0.15) is 0 Å². The summed E-state index contributed by atoms with van der Waals surface area (Å²) in [6, 6.07) is 3.50. The highest BCUT2D eigenvalue weighted by Crippen LogP contribution is 2.27. The van der Waals surface area contributed by atoms with Crippen molar-refractivity contribution in [1.82, 2.24) is 15.1 Å². The number of likely N-dealkylation sites (N-methyl/N-ethyl adjacent to an activating group) is 1. The van der Waals surface area contributed by atoms with Crippen LogP contribution in [0.5, 0.6) is 0 Å². The summed E-state index contributed by atoms with van der Waals surface area (Å²) < 4.78 is 23.1. The molecule has 0 atom stereocenters. The summed E-state index contributed by atoms with van der Waals surface area (Å²) in [5, 5.41) is 16.5. The molecule has 1 aliphatic heterocycles. The number of amides is 3. The molecule has 0 bridgehead atoms. The van der Waals surface area contributed by atoms with Crippen LogP contribution in [-0.2, 0) is 24.2 Å². The second-order valence-corrected chi connectivity index (χ2v) is 8.61.